The van der Waals surface area contributed by atoms with Crippen LogP contribution in [0.3, 0.4) is 0 Å². The monoisotopic (exact) mass is 932 g/mol. The summed E-state index contributed by atoms with van der Waals surface area (Å²) in [5, 5.41) is 23.2. The standard InChI is InChI=1S/C60H117NO5/c1-3-5-7-9-11-13-15-17-18-19-20-24-27-30-34-38-42-46-50-54-60(65)66-55-51-47-43-39-35-31-28-25-22-21-23-26-29-33-37-41-45-49-53-59(64)61-57(56-62)58(63)52-48-44-40-36-32-16-14-12-10-8-6-4-2/h23,26,57-58,62-63H,3-22,24-25,27-56H2,1-2H3,(H,61,64)/b26-23-. The Labute approximate surface area is 412 Å². The van der Waals surface area contributed by atoms with Crippen molar-refractivity contribution in [2.75, 3.05) is 13.2 Å². The smallest absolute Gasteiger partial charge is 0.305 e. The van der Waals surface area contributed by atoms with Crippen molar-refractivity contribution in [1.82, 2.24) is 5.32 Å². The van der Waals surface area contributed by atoms with Gasteiger partial charge >= 0.3 is 5.97 Å². The molecular weight excluding hydrogens is 815 g/mol. The van der Waals surface area contributed by atoms with E-state index in [4.69, 9.17) is 4.74 Å². The van der Waals surface area contributed by atoms with Crippen molar-refractivity contribution in [2.24, 2.45) is 0 Å². The number of unbranched alkanes of at least 4 members (excludes halogenated alkanes) is 43. The Morgan fingerprint density at radius 3 is 1.08 bits per heavy atom. The molecule has 0 saturated carbocycles. The molecule has 0 bridgehead atoms. The number of carbonyl (C=O) groups excluding carboxylic acids is 2. The molecule has 0 aliphatic rings. The van der Waals surface area contributed by atoms with Crippen LogP contribution in [-0.2, 0) is 14.3 Å². The van der Waals surface area contributed by atoms with Gasteiger partial charge in [0.1, 0.15) is 0 Å². The van der Waals surface area contributed by atoms with Crippen LogP contribution < -0.4 is 5.32 Å². The first-order valence-electron chi connectivity index (χ1n) is 29.9. The molecule has 6 nitrogen and oxygen atoms in total. The molecule has 2 atom stereocenters. The lowest BCUT2D eigenvalue weighted by molar-refractivity contribution is -0.143. The van der Waals surface area contributed by atoms with E-state index in [1.807, 2.05) is 0 Å². The highest BCUT2D eigenvalue weighted by molar-refractivity contribution is 5.76. The Hall–Kier alpha value is -1.40. The summed E-state index contributed by atoms with van der Waals surface area (Å²) in [6.07, 6.45) is 66.4. The minimum absolute atomic E-state index is 0.00823. The van der Waals surface area contributed by atoms with Gasteiger partial charge in [0.25, 0.3) is 0 Å². The van der Waals surface area contributed by atoms with Crippen LogP contribution in [0.15, 0.2) is 12.2 Å². The normalized spacial score (nSPS) is 12.6. The first kappa shape index (κ1) is 64.6. The van der Waals surface area contributed by atoms with Crippen LogP contribution in [0.5, 0.6) is 0 Å². The van der Waals surface area contributed by atoms with E-state index in [1.165, 1.54) is 250 Å². The minimum Gasteiger partial charge on any atom is -0.466 e. The van der Waals surface area contributed by atoms with E-state index < -0.39 is 12.1 Å². The predicted octanol–water partition coefficient (Wildman–Crippen LogP) is 18.5. The van der Waals surface area contributed by atoms with Gasteiger partial charge in [0.05, 0.1) is 25.4 Å². The molecule has 0 radical (unpaired) electrons. The van der Waals surface area contributed by atoms with E-state index in [0.29, 0.717) is 25.9 Å². The Morgan fingerprint density at radius 1 is 0.409 bits per heavy atom. The lowest BCUT2D eigenvalue weighted by Crippen LogP contribution is -2.45. The Balaban J connectivity index is 3.40. The van der Waals surface area contributed by atoms with E-state index in [1.54, 1.807) is 0 Å². The van der Waals surface area contributed by atoms with Gasteiger partial charge in [0, 0.05) is 12.8 Å². The van der Waals surface area contributed by atoms with Crippen molar-refractivity contribution < 1.29 is 24.5 Å². The number of hydrogen-bond acceptors (Lipinski definition) is 5. The molecule has 2 unspecified atom stereocenters. The fourth-order valence-corrected chi connectivity index (χ4v) is 9.46. The molecule has 0 heterocycles. The number of aliphatic hydroxyl groups excluding tert-OH is 2. The molecule has 0 rings (SSSR count). The first-order chi connectivity index (χ1) is 32.5. The number of nitrogens with one attached hydrogen (secondary N) is 1. The quantitative estimate of drug-likeness (QED) is 0.0321. The lowest BCUT2D eigenvalue weighted by Gasteiger charge is -2.22. The zero-order valence-electron chi connectivity index (χ0n) is 44.7. The molecule has 6 heteroatoms. The van der Waals surface area contributed by atoms with Crippen molar-refractivity contribution in [3.8, 4) is 0 Å². The molecule has 0 aromatic carbocycles. The third-order valence-electron chi connectivity index (χ3n) is 14.1. The van der Waals surface area contributed by atoms with Gasteiger partial charge in [0.2, 0.25) is 5.91 Å². The molecule has 0 aromatic heterocycles. The SMILES string of the molecule is CCCCCCCCCCCCCCCCCCCCCC(=O)OCCCCCCCCCCC/C=C\CCCCCCCC(=O)NC(CO)C(O)CCCCCCCCCCCCCC. The summed E-state index contributed by atoms with van der Waals surface area (Å²) in [5.74, 6) is -0.0402. The zero-order valence-corrected chi connectivity index (χ0v) is 44.7. The van der Waals surface area contributed by atoms with Crippen LogP contribution in [0.4, 0.5) is 0 Å². The number of carbonyl (C=O) groups is 2. The van der Waals surface area contributed by atoms with Gasteiger partial charge in [-0.05, 0) is 51.4 Å². The average molecular weight is 933 g/mol. The number of aliphatic hydroxyl groups is 2. The van der Waals surface area contributed by atoms with Crippen LogP contribution in [-0.4, -0.2) is 47.4 Å². The van der Waals surface area contributed by atoms with Gasteiger partial charge in [-0.2, -0.15) is 0 Å². The van der Waals surface area contributed by atoms with Crippen LogP contribution in [0.1, 0.15) is 335 Å². The van der Waals surface area contributed by atoms with Crippen molar-refractivity contribution in [1.29, 1.82) is 0 Å². The number of ether oxygens (including phenoxy) is 1. The fourth-order valence-electron chi connectivity index (χ4n) is 9.46. The van der Waals surface area contributed by atoms with Crippen molar-refractivity contribution >= 4 is 11.9 Å². The van der Waals surface area contributed by atoms with Gasteiger partial charge in [-0.25, -0.2) is 0 Å². The lowest BCUT2D eigenvalue weighted by atomic mass is 10.0. The molecule has 0 fully saturated rings. The third kappa shape index (κ3) is 52.0. The summed E-state index contributed by atoms with van der Waals surface area (Å²) in [4.78, 5) is 24.5. The van der Waals surface area contributed by atoms with Gasteiger partial charge in [-0.3, -0.25) is 9.59 Å². The molecule has 0 aromatic rings. The van der Waals surface area contributed by atoms with Gasteiger partial charge in [-0.1, -0.05) is 283 Å². The summed E-state index contributed by atoms with van der Waals surface area (Å²) in [6.45, 7) is 4.95. The average Bonchev–Trinajstić information content (AvgIpc) is 3.32. The number of esters is 1. The van der Waals surface area contributed by atoms with E-state index in [9.17, 15) is 19.8 Å². The summed E-state index contributed by atoms with van der Waals surface area (Å²) in [7, 11) is 0. The molecule has 3 N–H and O–H groups in total. The van der Waals surface area contributed by atoms with E-state index in [0.717, 1.165) is 51.4 Å². The van der Waals surface area contributed by atoms with Crippen molar-refractivity contribution in [3.05, 3.63) is 12.2 Å². The van der Waals surface area contributed by atoms with Gasteiger partial charge < -0.3 is 20.3 Å². The van der Waals surface area contributed by atoms with E-state index >= 15 is 0 Å². The highest BCUT2D eigenvalue weighted by Crippen LogP contribution is 2.18. The second kappa shape index (κ2) is 56.2. The van der Waals surface area contributed by atoms with Gasteiger partial charge in [-0.15, -0.1) is 0 Å². The maximum atomic E-state index is 12.4. The van der Waals surface area contributed by atoms with Crippen molar-refractivity contribution in [3.63, 3.8) is 0 Å². The van der Waals surface area contributed by atoms with Gasteiger partial charge in [0.15, 0.2) is 0 Å². The largest absolute Gasteiger partial charge is 0.466 e. The number of amides is 1. The third-order valence-corrected chi connectivity index (χ3v) is 14.1. The number of allylic oxidation sites excluding steroid dienone is 2. The molecule has 392 valence electrons. The molecular formula is C60H117NO5. The van der Waals surface area contributed by atoms with Crippen LogP contribution >= 0.6 is 0 Å². The Morgan fingerprint density at radius 2 is 0.712 bits per heavy atom. The highest BCUT2D eigenvalue weighted by Gasteiger charge is 2.20. The molecule has 0 aliphatic carbocycles. The van der Waals surface area contributed by atoms with E-state index in [2.05, 4.69) is 31.3 Å². The van der Waals surface area contributed by atoms with Crippen molar-refractivity contribution in [2.45, 2.75) is 347 Å². The maximum Gasteiger partial charge on any atom is 0.305 e. The second-order valence-electron chi connectivity index (χ2n) is 20.7. The molecule has 0 aliphatic heterocycles. The Bertz CT molecular complexity index is 986. The van der Waals surface area contributed by atoms with Crippen LogP contribution in [0, 0.1) is 0 Å². The number of rotatable bonds is 56. The van der Waals surface area contributed by atoms with E-state index in [-0.39, 0.29) is 18.5 Å². The molecule has 0 saturated heterocycles. The summed E-state index contributed by atoms with van der Waals surface area (Å²) in [5.41, 5.74) is 0. The number of hydrogen-bond donors (Lipinski definition) is 3. The summed E-state index contributed by atoms with van der Waals surface area (Å²) in [6, 6.07) is -0.550. The first-order valence-corrected chi connectivity index (χ1v) is 29.9. The minimum atomic E-state index is -0.671. The maximum absolute atomic E-state index is 12.4. The predicted molar refractivity (Wildman–Crippen MR) is 287 cm³/mol. The second-order valence-corrected chi connectivity index (χ2v) is 20.7. The summed E-state index contributed by atoms with van der Waals surface area (Å²) >= 11 is 0. The zero-order chi connectivity index (χ0) is 47.9. The Kier molecular flexibility index (Phi) is 55.0. The molecule has 1 amide bonds. The van der Waals surface area contributed by atoms with Crippen LogP contribution in [0.2, 0.25) is 0 Å². The molecule has 0 spiro atoms. The molecule has 66 heavy (non-hydrogen) atoms. The summed E-state index contributed by atoms with van der Waals surface area (Å²) < 4.78 is 5.49. The highest BCUT2D eigenvalue weighted by atomic mass is 16.5. The topological polar surface area (TPSA) is 95.9 Å². The van der Waals surface area contributed by atoms with Crippen LogP contribution in [0.25, 0.3) is 0 Å². The fraction of sp³-hybridized carbons (Fsp3) is 0.933.